The number of anilines is 1. The molecule has 0 radical (unpaired) electrons. The van der Waals surface area contributed by atoms with Gasteiger partial charge in [0.25, 0.3) is 5.91 Å². The van der Waals surface area contributed by atoms with Crippen molar-refractivity contribution in [3.05, 3.63) is 102 Å². The third-order valence-electron chi connectivity index (χ3n) is 5.43. The van der Waals surface area contributed by atoms with Gasteiger partial charge in [-0.2, -0.15) is 0 Å². The fraction of sp³-hybridized carbons (Fsp3) is 0.0800. The first-order chi connectivity index (χ1) is 15.6. The van der Waals surface area contributed by atoms with E-state index in [2.05, 4.69) is 4.98 Å². The Labute approximate surface area is 183 Å². The number of Topliss-reactive ketones (excluding diaryl/α,β-unsaturated/α-hetero) is 1. The number of fused-ring (bicyclic) bond motifs is 1. The van der Waals surface area contributed by atoms with Crippen LogP contribution in [0.2, 0.25) is 0 Å². The highest BCUT2D eigenvalue weighted by Gasteiger charge is 2.45. The van der Waals surface area contributed by atoms with Gasteiger partial charge in [-0.1, -0.05) is 30.3 Å². The van der Waals surface area contributed by atoms with E-state index in [1.165, 1.54) is 12.0 Å². The van der Waals surface area contributed by atoms with Gasteiger partial charge in [-0.15, -0.1) is 0 Å². The Hall–Kier alpha value is -4.39. The largest absolute Gasteiger partial charge is 0.503 e. The second kappa shape index (κ2) is 7.70. The van der Waals surface area contributed by atoms with Crippen LogP contribution in [0.15, 0.2) is 94.9 Å². The number of hydrogen-bond donors (Lipinski definition) is 1. The lowest BCUT2D eigenvalue weighted by molar-refractivity contribution is -0.117. The molecule has 0 aliphatic carbocycles. The van der Waals surface area contributed by atoms with Crippen LogP contribution in [0, 0.1) is 0 Å². The summed E-state index contributed by atoms with van der Waals surface area (Å²) in [5, 5.41) is 11.6. The molecular formula is C25H18N2O5. The molecule has 1 aliphatic heterocycles. The molecular weight excluding hydrogens is 408 g/mol. The van der Waals surface area contributed by atoms with Crippen LogP contribution in [0.5, 0.6) is 5.75 Å². The van der Waals surface area contributed by atoms with Crippen molar-refractivity contribution in [2.24, 2.45) is 0 Å². The van der Waals surface area contributed by atoms with Gasteiger partial charge in [-0.3, -0.25) is 19.5 Å². The fourth-order valence-electron chi connectivity index (χ4n) is 3.94. The summed E-state index contributed by atoms with van der Waals surface area (Å²) in [5.41, 5.74) is 1.53. The summed E-state index contributed by atoms with van der Waals surface area (Å²) >= 11 is 0. The van der Waals surface area contributed by atoms with Crippen LogP contribution >= 0.6 is 0 Å². The van der Waals surface area contributed by atoms with Crippen LogP contribution < -0.4 is 9.64 Å². The van der Waals surface area contributed by atoms with Crippen LogP contribution in [0.3, 0.4) is 0 Å². The molecule has 1 N–H and O–H groups in total. The Kier molecular flexibility index (Phi) is 4.71. The number of benzene rings is 2. The number of para-hydroxylation sites is 1. The maximum absolute atomic E-state index is 13.5. The summed E-state index contributed by atoms with van der Waals surface area (Å²) in [6.07, 6.45) is 3.16. The zero-order valence-corrected chi connectivity index (χ0v) is 17.1. The van der Waals surface area contributed by atoms with Gasteiger partial charge in [-0.25, -0.2) is 0 Å². The van der Waals surface area contributed by atoms with E-state index in [-0.39, 0.29) is 11.3 Å². The Morgan fingerprint density at radius 3 is 2.69 bits per heavy atom. The van der Waals surface area contributed by atoms with E-state index in [1.807, 2.05) is 12.1 Å². The normalized spacial score (nSPS) is 16.1. The number of pyridine rings is 1. The van der Waals surface area contributed by atoms with Crippen LogP contribution in [0.4, 0.5) is 5.69 Å². The average molecular weight is 426 g/mol. The molecule has 32 heavy (non-hydrogen) atoms. The number of aromatic nitrogens is 1. The molecule has 158 valence electrons. The highest BCUT2D eigenvalue weighted by atomic mass is 16.5. The number of hydrogen-bond acceptors (Lipinski definition) is 6. The second-order valence-corrected chi connectivity index (χ2v) is 7.31. The minimum Gasteiger partial charge on any atom is -0.503 e. The van der Waals surface area contributed by atoms with Gasteiger partial charge in [0, 0.05) is 29.5 Å². The van der Waals surface area contributed by atoms with Gasteiger partial charge in [0.15, 0.2) is 11.5 Å². The molecule has 5 rings (SSSR count). The lowest BCUT2D eigenvalue weighted by atomic mass is 9.96. The molecule has 7 nitrogen and oxygen atoms in total. The fourth-order valence-corrected chi connectivity index (χ4v) is 3.94. The maximum atomic E-state index is 13.5. The molecule has 0 saturated carbocycles. The third kappa shape index (κ3) is 3.11. The average Bonchev–Trinajstić information content (AvgIpc) is 3.38. The molecule has 0 bridgehead atoms. The Bertz CT molecular complexity index is 1340. The first-order valence-corrected chi connectivity index (χ1v) is 9.92. The number of nitrogens with zero attached hydrogens (tertiary/aromatic N) is 2. The van der Waals surface area contributed by atoms with E-state index in [0.717, 1.165) is 5.39 Å². The molecule has 1 atom stereocenters. The Morgan fingerprint density at radius 2 is 1.94 bits per heavy atom. The van der Waals surface area contributed by atoms with Crippen LogP contribution in [0.1, 0.15) is 22.2 Å². The highest BCUT2D eigenvalue weighted by Crippen LogP contribution is 2.42. The van der Waals surface area contributed by atoms with E-state index in [4.69, 9.17) is 9.15 Å². The summed E-state index contributed by atoms with van der Waals surface area (Å²) in [6, 6.07) is 18.3. The minimum atomic E-state index is -0.885. The van der Waals surface area contributed by atoms with Crippen molar-refractivity contribution in [1.29, 1.82) is 0 Å². The third-order valence-corrected chi connectivity index (χ3v) is 5.43. The minimum absolute atomic E-state index is 0.0435. The predicted octanol–water partition coefficient (Wildman–Crippen LogP) is 4.62. The van der Waals surface area contributed by atoms with Crippen molar-refractivity contribution in [3.8, 4) is 5.75 Å². The molecule has 1 amide bonds. The smallest absolute Gasteiger partial charge is 0.294 e. The van der Waals surface area contributed by atoms with E-state index < -0.39 is 23.5 Å². The van der Waals surface area contributed by atoms with Crippen molar-refractivity contribution in [1.82, 2.24) is 4.98 Å². The van der Waals surface area contributed by atoms with E-state index >= 15 is 0 Å². The number of carbonyl (C=O) groups is 2. The van der Waals surface area contributed by atoms with Crippen LogP contribution in [0.25, 0.3) is 11.0 Å². The molecule has 0 spiro atoms. The number of furan rings is 1. The van der Waals surface area contributed by atoms with E-state index in [9.17, 15) is 14.7 Å². The van der Waals surface area contributed by atoms with Crippen molar-refractivity contribution in [2.45, 2.75) is 6.04 Å². The molecule has 0 saturated heterocycles. The number of carbonyl (C=O) groups excluding carboxylic acids is 2. The van der Waals surface area contributed by atoms with Gasteiger partial charge in [0.05, 0.1) is 18.7 Å². The zero-order chi connectivity index (χ0) is 22.2. The molecule has 1 aliphatic rings. The summed E-state index contributed by atoms with van der Waals surface area (Å²) in [5.74, 6) is -1.29. The van der Waals surface area contributed by atoms with E-state index in [1.54, 1.807) is 67.0 Å². The molecule has 4 aromatic rings. The van der Waals surface area contributed by atoms with Gasteiger partial charge < -0.3 is 14.3 Å². The number of aliphatic hydroxyl groups is 1. The number of aliphatic hydroxyl groups excluding tert-OH is 1. The standard InChI is InChI=1S/C25H18N2O5/c1-31-18-9-4-8-17(13-18)27-22(16-7-5-11-26-14-16)21(24(29)25(27)30)23(28)20-12-15-6-2-3-10-19(15)32-20/h2-14,22,29H,1H3. The Morgan fingerprint density at radius 1 is 1.09 bits per heavy atom. The topological polar surface area (TPSA) is 92.9 Å². The molecule has 0 fully saturated rings. The first-order valence-electron chi connectivity index (χ1n) is 9.92. The maximum Gasteiger partial charge on any atom is 0.294 e. The summed E-state index contributed by atoms with van der Waals surface area (Å²) in [6.45, 7) is 0. The zero-order valence-electron chi connectivity index (χ0n) is 17.1. The van der Waals surface area contributed by atoms with Crippen LogP contribution in [-0.2, 0) is 4.79 Å². The van der Waals surface area contributed by atoms with Crippen molar-refractivity contribution in [2.75, 3.05) is 12.0 Å². The van der Waals surface area contributed by atoms with Gasteiger partial charge in [0.1, 0.15) is 11.3 Å². The van der Waals surface area contributed by atoms with Crippen molar-refractivity contribution in [3.63, 3.8) is 0 Å². The SMILES string of the molecule is COc1cccc(N2C(=O)C(O)=C(C(=O)c3cc4ccccc4o3)C2c2cccnc2)c1. The number of methoxy groups -OCH3 is 1. The predicted molar refractivity (Wildman–Crippen MR) is 118 cm³/mol. The summed E-state index contributed by atoms with van der Waals surface area (Å²) < 4.78 is 11.0. The number of ether oxygens (including phenoxy) is 1. The Balaban J connectivity index is 1.66. The van der Waals surface area contributed by atoms with Crippen LogP contribution in [-0.4, -0.2) is 28.9 Å². The highest BCUT2D eigenvalue weighted by molar-refractivity contribution is 6.20. The first kappa shape index (κ1) is 19.6. The lowest BCUT2D eigenvalue weighted by Crippen LogP contribution is -2.31. The number of ketones is 1. The lowest BCUT2D eigenvalue weighted by Gasteiger charge is -2.26. The number of rotatable bonds is 5. The van der Waals surface area contributed by atoms with Crippen molar-refractivity contribution >= 4 is 28.3 Å². The summed E-state index contributed by atoms with van der Waals surface area (Å²) in [4.78, 5) is 32.2. The molecule has 2 aromatic carbocycles. The van der Waals surface area contributed by atoms with Gasteiger partial charge in [-0.05, 0) is 35.9 Å². The molecule has 2 aromatic heterocycles. The van der Waals surface area contributed by atoms with E-state index in [0.29, 0.717) is 22.6 Å². The molecule has 3 heterocycles. The van der Waals surface area contributed by atoms with Gasteiger partial charge in [0.2, 0.25) is 5.78 Å². The molecule has 1 unspecified atom stereocenters. The number of amides is 1. The monoisotopic (exact) mass is 426 g/mol. The van der Waals surface area contributed by atoms with Crippen molar-refractivity contribution < 1.29 is 23.8 Å². The van der Waals surface area contributed by atoms with Gasteiger partial charge >= 0.3 is 0 Å². The molecule has 7 heteroatoms. The quantitative estimate of drug-likeness (QED) is 0.468. The second-order valence-electron chi connectivity index (χ2n) is 7.31. The summed E-state index contributed by atoms with van der Waals surface area (Å²) in [7, 11) is 1.52.